The molecule has 5 nitrogen and oxygen atoms in total. The van der Waals surface area contributed by atoms with Gasteiger partial charge in [0.25, 0.3) is 0 Å². The van der Waals surface area contributed by atoms with Gasteiger partial charge in [0.2, 0.25) is 5.91 Å². The van der Waals surface area contributed by atoms with Crippen molar-refractivity contribution in [1.29, 1.82) is 0 Å². The smallest absolute Gasteiger partial charge is 0.221 e. The second kappa shape index (κ2) is 7.96. The fraction of sp³-hybridized carbons (Fsp3) is 0.933. The van der Waals surface area contributed by atoms with E-state index in [9.17, 15) is 9.90 Å². The highest BCUT2D eigenvalue weighted by Gasteiger charge is 2.33. The molecule has 0 aromatic heterocycles. The van der Waals surface area contributed by atoms with E-state index in [2.05, 4.69) is 10.6 Å². The first-order valence-electron chi connectivity index (χ1n) is 7.60. The zero-order valence-electron chi connectivity index (χ0n) is 13.1. The van der Waals surface area contributed by atoms with Crippen molar-refractivity contribution in [2.45, 2.75) is 63.0 Å². The van der Waals surface area contributed by atoms with Crippen LogP contribution in [0, 0.1) is 0 Å². The zero-order chi connectivity index (χ0) is 15.1. The van der Waals surface area contributed by atoms with Gasteiger partial charge in [0.05, 0.1) is 5.60 Å². The van der Waals surface area contributed by atoms with Gasteiger partial charge in [-0.15, -0.1) is 0 Å². The number of hydrogen-bond acceptors (Lipinski definition) is 4. The minimum absolute atomic E-state index is 0.0129. The van der Waals surface area contributed by atoms with Crippen LogP contribution in [0.5, 0.6) is 0 Å². The molecule has 0 aromatic carbocycles. The molecule has 1 aliphatic rings. The zero-order valence-corrected chi connectivity index (χ0v) is 13.1. The molecular weight excluding hydrogens is 256 g/mol. The molecule has 20 heavy (non-hydrogen) atoms. The van der Waals surface area contributed by atoms with Crippen molar-refractivity contribution in [2.75, 3.05) is 27.3 Å². The highest BCUT2D eigenvalue weighted by atomic mass is 16.5. The quantitative estimate of drug-likeness (QED) is 0.627. The minimum atomic E-state index is -0.912. The molecular formula is C15H30N2O3. The first-order chi connectivity index (χ1) is 9.43. The number of amides is 1. The van der Waals surface area contributed by atoms with Crippen LogP contribution in [0.3, 0.4) is 0 Å². The number of carbonyl (C=O) groups is 1. The van der Waals surface area contributed by atoms with E-state index in [1.54, 1.807) is 14.0 Å². The largest absolute Gasteiger partial charge is 0.388 e. The summed E-state index contributed by atoms with van der Waals surface area (Å²) in [6.45, 7) is 2.49. The number of hydrogen-bond donors (Lipinski definition) is 3. The molecule has 0 radical (unpaired) electrons. The van der Waals surface area contributed by atoms with Gasteiger partial charge in [0, 0.05) is 38.6 Å². The second-order valence-corrected chi connectivity index (χ2v) is 6.28. The Balaban J connectivity index is 2.38. The monoisotopic (exact) mass is 286 g/mol. The predicted molar refractivity (Wildman–Crippen MR) is 79.6 cm³/mol. The lowest BCUT2D eigenvalue weighted by atomic mass is 9.79. The molecule has 3 N–H and O–H groups in total. The topological polar surface area (TPSA) is 70.6 Å². The highest BCUT2D eigenvalue weighted by Crippen LogP contribution is 2.30. The van der Waals surface area contributed by atoms with Crippen molar-refractivity contribution >= 4 is 5.91 Å². The molecule has 1 aliphatic carbocycles. The van der Waals surface area contributed by atoms with E-state index in [-0.39, 0.29) is 18.0 Å². The molecule has 0 aromatic rings. The molecule has 0 heterocycles. The number of aliphatic hydroxyl groups is 1. The van der Waals surface area contributed by atoms with Crippen LogP contribution >= 0.6 is 0 Å². The summed E-state index contributed by atoms with van der Waals surface area (Å²) in [7, 11) is 3.54. The van der Waals surface area contributed by atoms with E-state index in [0.717, 1.165) is 12.8 Å². The maximum atomic E-state index is 12.1. The second-order valence-electron chi connectivity index (χ2n) is 6.28. The summed E-state index contributed by atoms with van der Waals surface area (Å²) < 4.78 is 4.96. The Morgan fingerprint density at radius 2 is 2.00 bits per heavy atom. The van der Waals surface area contributed by atoms with Crippen LogP contribution in [0.4, 0.5) is 0 Å². The first kappa shape index (κ1) is 17.4. The Morgan fingerprint density at radius 3 is 2.55 bits per heavy atom. The van der Waals surface area contributed by atoms with Crippen LogP contribution in [0.1, 0.15) is 51.9 Å². The average Bonchev–Trinajstić information content (AvgIpc) is 2.44. The van der Waals surface area contributed by atoms with Crippen LogP contribution in [0.2, 0.25) is 0 Å². The third-order valence-corrected chi connectivity index (χ3v) is 4.35. The van der Waals surface area contributed by atoms with Crippen LogP contribution in [0.25, 0.3) is 0 Å². The van der Waals surface area contributed by atoms with E-state index in [1.165, 1.54) is 19.3 Å². The van der Waals surface area contributed by atoms with Gasteiger partial charge >= 0.3 is 0 Å². The Morgan fingerprint density at radius 1 is 1.35 bits per heavy atom. The Bertz CT molecular complexity index is 299. The number of ether oxygens (including phenoxy) is 1. The normalized spacial score (nSPS) is 21.2. The Kier molecular flexibility index (Phi) is 6.92. The molecule has 0 spiro atoms. The van der Waals surface area contributed by atoms with E-state index < -0.39 is 5.60 Å². The molecule has 0 saturated heterocycles. The molecule has 5 heteroatoms. The third-order valence-electron chi connectivity index (χ3n) is 4.35. The van der Waals surface area contributed by atoms with Crippen LogP contribution in [-0.4, -0.2) is 49.5 Å². The van der Waals surface area contributed by atoms with Crippen molar-refractivity contribution in [3.8, 4) is 0 Å². The standard InChI is InChI=1S/C15H30N2O3/c1-14(19,9-10-20-3)12-17-13(18)11-15(16-2)7-5-4-6-8-15/h16,19H,4-12H2,1-3H3,(H,17,18). The van der Waals surface area contributed by atoms with Gasteiger partial charge < -0.3 is 20.5 Å². The summed E-state index contributed by atoms with van der Waals surface area (Å²) >= 11 is 0. The summed E-state index contributed by atoms with van der Waals surface area (Å²) in [6, 6.07) is 0. The first-order valence-corrected chi connectivity index (χ1v) is 7.60. The van der Waals surface area contributed by atoms with Crippen molar-refractivity contribution in [3.63, 3.8) is 0 Å². The molecule has 0 bridgehead atoms. The molecule has 1 unspecified atom stereocenters. The van der Waals surface area contributed by atoms with Crippen molar-refractivity contribution in [2.24, 2.45) is 0 Å². The number of methoxy groups -OCH3 is 1. The summed E-state index contributed by atoms with van der Waals surface area (Å²) in [6.07, 6.45) is 6.73. The van der Waals surface area contributed by atoms with Crippen molar-refractivity contribution in [1.82, 2.24) is 10.6 Å². The van der Waals surface area contributed by atoms with E-state index in [1.807, 2.05) is 7.05 Å². The lowest BCUT2D eigenvalue weighted by Crippen LogP contribution is -2.50. The number of nitrogens with one attached hydrogen (secondary N) is 2. The number of carbonyl (C=O) groups excluding carboxylic acids is 1. The van der Waals surface area contributed by atoms with E-state index in [0.29, 0.717) is 19.4 Å². The van der Waals surface area contributed by atoms with Crippen LogP contribution in [0.15, 0.2) is 0 Å². The Labute approximate surface area is 122 Å². The molecule has 118 valence electrons. The van der Waals surface area contributed by atoms with E-state index >= 15 is 0 Å². The summed E-state index contributed by atoms with van der Waals surface area (Å²) in [5.74, 6) is 0.0129. The van der Waals surface area contributed by atoms with Gasteiger partial charge in [-0.2, -0.15) is 0 Å². The minimum Gasteiger partial charge on any atom is -0.388 e. The lowest BCUT2D eigenvalue weighted by Gasteiger charge is -2.37. The fourth-order valence-corrected chi connectivity index (χ4v) is 2.81. The molecule has 1 atom stereocenters. The summed E-state index contributed by atoms with van der Waals surface area (Å²) in [5.41, 5.74) is -0.967. The average molecular weight is 286 g/mol. The molecule has 1 saturated carbocycles. The molecule has 1 fully saturated rings. The maximum Gasteiger partial charge on any atom is 0.221 e. The van der Waals surface area contributed by atoms with E-state index in [4.69, 9.17) is 4.74 Å². The summed E-state index contributed by atoms with van der Waals surface area (Å²) in [4.78, 5) is 12.1. The predicted octanol–water partition coefficient (Wildman–Crippen LogP) is 1.20. The van der Waals surface area contributed by atoms with Gasteiger partial charge in [-0.05, 0) is 26.8 Å². The van der Waals surface area contributed by atoms with Gasteiger partial charge in [-0.3, -0.25) is 4.79 Å². The molecule has 1 amide bonds. The van der Waals surface area contributed by atoms with Gasteiger partial charge in [-0.25, -0.2) is 0 Å². The number of rotatable bonds is 8. The maximum absolute atomic E-state index is 12.1. The SMILES string of the molecule is CNC1(CC(=O)NCC(C)(O)CCOC)CCCCC1. The van der Waals surface area contributed by atoms with Gasteiger partial charge in [0.1, 0.15) is 0 Å². The van der Waals surface area contributed by atoms with Gasteiger partial charge in [0.15, 0.2) is 0 Å². The van der Waals surface area contributed by atoms with Crippen LogP contribution < -0.4 is 10.6 Å². The third kappa shape index (κ3) is 5.77. The van der Waals surface area contributed by atoms with Crippen molar-refractivity contribution < 1.29 is 14.6 Å². The highest BCUT2D eigenvalue weighted by molar-refractivity contribution is 5.77. The lowest BCUT2D eigenvalue weighted by molar-refractivity contribution is -0.124. The molecule has 0 aliphatic heterocycles. The summed E-state index contributed by atoms with van der Waals surface area (Å²) in [5, 5.41) is 16.3. The Hall–Kier alpha value is -0.650. The van der Waals surface area contributed by atoms with Gasteiger partial charge in [-0.1, -0.05) is 19.3 Å². The fourth-order valence-electron chi connectivity index (χ4n) is 2.81. The van der Waals surface area contributed by atoms with Crippen LogP contribution in [-0.2, 0) is 9.53 Å². The van der Waals surface area contributed by atoms with Crippen molar-refractivity contribution in [3.05, 3.63) is 0 Å². The molecule has 1 rings (SSSR count).